The van der Waals surface area contributed by atoms with Crippen LogP contribution in [0, 0.1) is 6.92 Å². The van der Waals surface area contributed by atoms with Gasteiger partial charge in [-0.2, -0.15) is 4.98 Å². The summed E-state index contributed by atoms with van der Waals surface area (Å²) in [5, 5.41) is 8.51. The van der Waals surface area contributed by atoms with Gasteiger partial charge in [0.05, 0.1) is 12.1 Å². The predicted octanol–water partition coefficient (Wildman–Crippen LogP) is 3.10. The lowest BCUT2D eigenvalue weighted by molar-refractivity contribution is -0.134. The number of rotatable bonds is 5. The molecule has 0 aliphatic rings. The second kappa shape index (κ2) is 6.98. The zero-order valence-corrected chi connectivity index (χ0v) is 14.5. The fourth-order valence-electron chi connectivity index (χ4n) is 2.07. The number of benzene rings is 1. The minimum atomic E-state index is -0.429. The highest BCUT2D eigenvalue weighted by atomic mass is 35.5. The first kappa shape index (κ1) is 16.4. The number of hydrogen-bond donors (Lipinski definition) is 0. The smallest absolute Gasteiger partial charge is 0.317 e. The number of fused-ring (bicyclic) bond motifs is 1. The van der Waals surface area contributed by atoms with E-state index in [0.29, 0.717) is 15.8 Å². The van der Waals surface area contributed by atoms with E-state index in [-0.39, 0.29) is 6.42 Å². The van der Waals surface area contributed by atoms with Gasteiger partial charge in [0.15, 0.2) is 5.82 Å². The molecule has 0 unspecified atom stereocenters. The Balaban J connectivity index is 1.82. The fraction of sp³-hybridized carbons (Fsp3) is 0.200. The van der Waals surface area contributed by atoms with Gasteiger partial charge in [-0.25, -0.2) is 4.52 Å². The topological polar surface area (TPSA) is 78.1 Å². The molecule has 0 saturated carbocycles. The maximum absolute atomic E-state index is 11.7. The highest BCUT2D eigenvalue weighted by Gasteiger charge is 2.17. The van der Waals surface area contributed by atoms with Crippen molar-refractivity contribution in [3.05, 3.63) is 39.9 Å². The van der Waals surface area contributed by atoms with Crippen LogP contribution >= 0.6 is 22.9 Å². The summed E-state index contributed by atoms with van der Waals surface area (Å²) >= 11 is 7.29. The third kappa shape index (κ3) is 3.39. The molecule has 0 aliphatic heterocycles. The van der Waals surface area contributed by atoms with Crippen LogP contribution in [0.4, 0.5) is 0 Å². The molecule has 124 valence electrons. The third-order valence-electron chi connectivity index (χ3n) is 3.25. The van der Waals surface area contributed by atoms with Gasteiger partial charge in [-0.05, 0) is 31.2 Å². The van der Waals surface area contributed by atoms with Crippen molar-refractivity contribution in [1.82, 2.24) is 14.6 Å². The van der Waals surface area contributed by atoms with Gasteiger partial charge in [0.1, 0.15) is 7.11 Å². The van der Waals surface area contributed by atoms with Gasteiger partial charge in [-0.15, -0.1) is 5.10 Å². The minimum absolute atomic E-state index is 0.119. The molecule has 9 heteroatoms. The van der Waals surface area contributed by atoms with E-state index in [1.54, 1.807) is 16.6 Å². The maximum atomic E-state index is 11.7. The highest BCUT2D eigenvalue weighted by Crippen LogP contribution is 2.26. The molecule has 3 aromatic rings. The van der Waals surface area contributed by atoms with Crippen LogP contribution in [0.1, 0.15) is 10.6 Å². The first-order valence-electron chi connectivity index (χ1n) is 6.94. The standard InChI is InChI=1S/C15H13ClN4O3S/c1-9-12(7-13(21)23-8-17-22-2)24-15-18-14(19-20(9)15)10-3-5-11(16)6-4-10/h3-6,8H,7H2,1-2H3/b17-8+. The van der Waals surface area contributed by atoms with Gasteiger partial charge in [0.25, 0.3) is 0 Å². The number of carbonyl (C=O) groups excluding carboxylic acids is 1. The zero-order valence-electron chi connectivity index (χ0n) is 12.9. The van der Waals surface area contributed by atoms with Crippen LogP contribution in [-0.2, 0) is 20.8 Å². The molecule has 0 saturated heterocycles. The Kier molecular flexibility index (Phi) is 4.77. The van der Waals surface area contributed by atoms with E-state index in [1.165, 1.54) is 18.4 Å². The Hall–Kier alpha value is -2.45. The monoisotopic (exact) mass is 364 g/mol. The van der Waals surface area contributed by atoms with E-state index in [2.05, 4.69) is 20.1 Å². The highest BCUT2D eigenvalue weighted by molar-refractivity contribution is 7.17. The normalized spacial score (nSPS) is 11.3. The molecule has 0 N–H and O–H groups in total. The quantitative estimate of drug-likeness (QED) is 0.301. The number of ether oxygens (including phenoxy) is 1. The van der Waals surface area contributed by atoms with Crippen LogP contribution in [0.5, 0.6) is 0 Å². The van der Waals surface area contributed by atoms with E-state index < -0.39 is 5.97 Å². The molecule has 0 atom stereocenters. The molecule has 7 nitrogen and oxygen atoms in total. The molecule has 0 aliphatic carbocycles. The maximum Gasteiger partial charge on any atom is 0.317 e. The lowest BCUT2D eigenvalue weighted by Gasteiger charge is -1.98. The molecule has 0 spiro atoms. The van der Waals surface area contributed by atoms with Gasteiger partial charge in [-0.1, -0.05) is 28.1 Å². The molecule has 1 aromatic carbocycles. The Morgan fingerprint density at radius 3 is 2.83 bits per heavy atom. The molecular weight excluding hydrogens is 352 g/mol. The second-order valence-electron chi connectivity index (χ2n) is 4.81. The molecule has 0 bridgehead atoms. The van der Waals surface area contributed by atoms with Crippen molar-refractivity contribution in [2.75, 3.05) is 7.11 Å². The van der Waals surface area contributed by atoms with Gasteiger partial charge in [-0.3, -0.25) is 4.79 Å². The fourth-order valence-corrected chi connectivity index (χ4v) is 3.23. The summed E-state index contributed by atoms with van der Waals surface area (Å²) in [6, 6.07) is 7.32. The average molecular weight is 365 g/mol. The Morgan fingerprint density at radius 2 is 2.17 bits per heavy atom. The summed E-state index contributed by atoms with van der Waals surface area (Å²) in [4.78, 5) is 22.2. The van der Waals surface area contributed by atoms with Gasteiger partial charge in [0, 0.05) is 15.5 Å². The summed E-state index contributed by atoms with van der Waals surface area (Å²) in [7, 11) is 1.37. The molecule has 2 heterocycles. The molecule has 24 heavy (non-hydrogen) atoms. The summed E-state index contributed by atoms with van der Waals surface area (Å²) < 4.78 is 6.53. The summed E-state index contributed by atoms with van der Waals surface area (Å²) in [6.45, 7) is 1.88. The number of carbonyl (C=O) groups is 1. The predicted molar refractivity (Wildman–Crippen MR) is 91.3 cm³/mol. The van der Waals surface area contributed by atoms with Gasteiger partial charge < -0.3 is 9.57 Å². The van der Waals surface area contributed by atoms with Crippen LogP contribution in [0.25, 0.3) is 16.3 Å². The summed E-state index contributed by atoms with van der Waals surface area (Å²) in [5.41, 5.74) is 1.73. The number of halogens is 1. The Bertz CT molecular complexity index is 901. The van der Waals surface area contributed by atoms with Crippen molar-refractivity contribution in [1.29, 1.82) is 0 Å². The van der Waals surface area contributed by atoms with Crippen molar-refractivity contribution >= 4 is 40.3 Å². The molecule has 3 rings (SSSR count). The van der Waals surface area contributed by atoms with E-state index in [1.807, 2.05) is 19.1 Å². The lowest BCUT2D eigenvalue weighted by Crippen LogP contribution is -2.07. The number of nitrogens with zero attached hydrogens (tertiary/aromatic N) is 4. The largest absolute Gasteiger partial charge is 0.411 e. The van der Waals surface area contributed by atoms with E-state index in [9.17, 15) is 4.79 Å². The average Bonchev–Trinajstić information content (AvgIpc) is 3.09. The lowest BCUT2D eigenvalue weighted by atomic mass is 10.2. The van der Waals surface area contributed by atoms with Crippen LogP contribution in [-0.4, -0.2) is 34.1 Å². The van der Waals surface area contributed by atoms with Crippen molar-refractivity contribution in [2.24, 2.45) is 5.16 Å². The summed E-state index contributed by atoms with van der Waals surface area (Å²) in [6.07, 6.45) is 1.08. The SMILES string of the molecule is CO/N=C/OC(=O)Cc1sc2nc(-c3ccc(Cl)cc3)nn2c1C. The molecule has 0 fully saturated rings. The zero-order chi connectivity index (χ0) is 17.1. The Labute approximate surface area is 146 Å². The van der Waals surface area contributed by atoms with Crippen LogP contribution in [0.3, 0.4) is 0 Å². The number of oxime groups is 1. The first-order chi connectivity index (χ1) is 11.6. The van der Waals surface area contributed by atoms with Gasteiger partial charge in [0.2, 0.25) is 11.4 Å². The van der Waals surface area contributed by atoms with Crippen molar-refractivity contribution in [2.45, 2.75) is 13.3 Å². The number of aromatic nitrogens is 3. The number of aryl methyl sites for hydroxylation is 1. The van der Waals surface area contributed by atoms with Crippen LogP contribution < -0.4 is 0 Å². The molecular formula is C15H13ClN4O3S. The van der Waals surface area contributed by atoms with E-state index >= 15 is 0 Å². The second-order valence-corrected chi connectivity index (χ2v) is 6.31. The minimum Gasteiger partial charge on any atom is -0.411 e. The number of esters is 1. The van der Waals surface area contributed by atoms with E-state index in [4.69, 9.17) is 16.3 Å². The Morgan fingerprint density at radius 1 is 1.42 bits per heavy atom. The third-order valence-corrected chi connectivity index (χ3v) is 4.64. The van der Waals surface area contributed by atoms with Crippen LogP contribution in [0.15, 0.2) is 29.4 Å². The van der Waals surface area contributed by atoms with Crippen molar-refractivity contribution < 1.29 is 14.4 Å². The van der Waals surface area contributed by atoms with E-state index in [0.717, 1.165) is 22.5 Å². The van der Waals surface area contributed by atoms with Crippen molar-refractivity contribution in [3.63, 3.8) is 0 Å². The molecule has 2 aromatic heterocycles. The van der Waals surface area contributed by atoms with Crippen molar-refractivity contribution in [3.8, 4) is 11.4 Å². The van der Waals surface area contributed by atoms with Crippen LogP contribution in [0.2, 0.25) is 5.02 Å². The number of hydrogen-bond acceptors (Lipinski definition) is 7. The number of thiazole rings is 1. The molecule has 0 radical (unpaired) electrons. The first-order valence-corrected chi connectivity index (χ1v) is 8.13. The summed E-state index contributed by atoms with van der Waals surface area (Å²) in [5.74, 6) is 0.184. The van der Waals surface area contributed by atoms with Gasteiger partial charge >= 0.3 is 5.97 Å². The molecule has 0 amide bonds.